The van der Waals surface area contributed by atoms with Crippen LogP contribution in [0.15, 0.2) is 42.5 Å². The molecule has 2 aromatic carbocycles. The highest BCUT2D eigenvalue weighted by Gasteiger charge is 2.15. The van der Waals surface area contributed by atoms with Crippen molar-refractivity contribution in [2.24, 2.45) is 0 Å². The van der Waals surface area contributed by atoms with Crippen LogP contribution in [0.3, 0.4) is 0 Å². The van der Waals surface area contributed by atoms with Crippen LogP contribution in [-0.4, -0.2) is 26.8 Å². The molecule has 0 saturated heterocycles. The van der Waals surface area contributed by atoms with Crippen molar-refractivity contribution < 1.29 is 23.7 Å². The van der Waals surface area contributed by atoms with E-state index in [2.05, 4.69) is 0 Å². The molecular formula is C18H16O5. The maximum atomic E-state index is 12.3. The van der Waals surface area contributed by atoms with Gasteiger partial charge in [-0.25, -0.2) is 0 Å². The van der Waals surface area contributed by atoms with Crippen LogP contribution in [-0.2, 0) is 0 Å². The molecule has 1 aliphatic rings. The molecule has 3 rings (SSSR count). The van der Waals surface area contributed by atoms with Gasteiger partial charge < -0.3 is 18.9 Å². The Balaban J connectivity index is 1.81. The van der Waals surface area contributed by atoms with E-state index in [1.165, 1.54) is 6.08 Å². The lowest BCUT2D eigenvalue weighted by Crippen LogP contribution is -1.94. The number of carbonyl (C=O) groups is 1. The summed E-state index contributed by atoms with van der Waals surface area (Å²) < 4.78 is 20.9. The summed E-state index contributed by atoms with van der Waals surface area (Å²) in [5.41, 5.74) is 1.36. The summed E-state index contributed by atoms with van der Waals surface area (Å²) in [5, 5.41) is 0. The van der Waals surface area contributed by atoms with Gasteiger partial charge in [-0.05, 0) is 42.0 Å². The zero-order valence-electron chi connectivity index (χ0n) is 12.9. The number of hydrogen-bond acceptors (Lipinski definition) is 5. The van der Waals surface area contributed by atoms with Gasteiger partial charge >= 0.3 is 0 Å². The second kappa shape index (κ2) is 6.44. The molecule has 1 heterocycles. The second-order valence-electron chi connectivity index (χ2n) is 4.91. The third-order valence-corrected chi connectivity index (χ3v) is 3.46. The Kier molecular flexibility index (Phi) is 4.19. The molecule has 0 N–H and O–H groups in total. The van der Waals surface area contributed by atoms with Crippen LogP contribution in [0.5, 0.6) is 23.0 Å². The summed E-state index contributed by atoms with van der Waals surface area (Å²) in [7, 11) is 3.17. The van der Waals surface area contributed by atoms with E-state index < -0.39 is 0 Å². The third kappa shape index (κ3) is 3.29. The van der Waals surface area contributed by atoms with Crippen LogP contribution >= 0.6 is 0 Å². The Morgan fingerprint density at radius 1 is 1.00 bits per heavy atom. The molecule has 0 aromatic heterocycles. The Bertz CT molecular complexity index is 742. The van der Waals surface area contributed by atoms with Gasteiger partial charge in [0.25, 0.3) is 0 Å². The minimum atomic E-state index is -0.120. The lowest BCUT2D eigenvalue weighted by molar-refractivity contribution is 0.104. The summed E-state index contributed by atoms with van der Waals surface area (Å²) in [4.78, 5) is 12.3. The first-order valence-electron chi connectivity index (χ1n) is 7.05. The molecule has 0 spiro atoms. The number of methoxy groups -OCH3 is 2. The molecule has 118 valence electrons. The quantitative estimate of drug-likeness (QED) is 0.626. The van der Waals surface area contributed by atoms with Crippen LogP contribution in [0.1, 0.15) is 15.9 Å². The van der Waals surface area contributed by atoms with E-state index in [4.69, 9.17) is 18.9 Å². The molecule has 5 heteroatoms. The molecular weight excluding hydrogens is 296 g/mol. The van der Waals surface area contributed by atoms with Crippen molar-refractivity contribution >= 4 is 11.9 Å². The van der Waals surface area contributed by atoms with Crippen molar-refractivity contribution in [3.05, 3.63) is 53.6 Å². The van der Waals surface area contributed by atoms with Crippen molar-refractivity contribution in [2.75, 3.05) is 21.0 Å². The fourth-order valence-corrected chi connectivity index (χ4v) is 2.24. The van der Waals surface area contributed by atoms with Gasteiger partial charge in [0.05, 0.1) is 14.2 Å². The van der Waals surface area contributed by atoms with E-state index in [0.717, 1.165) is 5.56 Å². The molecule has 5 nitrogen and oxygen atoms in total. The molecule has 0 unspecified atom stereocenters. The van der Waals surface area contributed by atoms with Gasteiger partial charge in [-0.1, -0.05) is 6.08 Å². The molecule has 23 heavy (non-hydrogen) atoms. The zero-order chi connectivity index (χ0) is 16.2. The molecule has 0 aliphatic carbocycles. The van der Waals surface area contributed by atoms with Gasteiger partial charge in [0, 0.05) is 11.6 Å². The van der Waals surface area contributed by atoms with E-state index in [-0.39, 0.29) is 12.6 Å². The van der Waals surface area contributed by atoms with Gasteiger partial charge in [-0.3, -0.25) is 4.79 Å². The molecule has 0 saturated carbocycles. The van der Waals surface area contributed by atoms with Crippen molar-refractivity contribution in [2.45, 2.75) is 0 Å². The minimum Gasteiger partial charge on any atom is -0.497 e. The first-order valence-corrected chi connectivity index (χ1v) is 7.05. The molecule has 0 atom stereocenters. The fourth-order valence-electron chi connectivity index (χ4n) is 2.24. The van der Waals surface area contributed by atoms with E-state index in [1.54, 1.807) is 44.6 Å². The SMILES string of the molecule is COc1cc(C=CC(=O)c2ccc3c(c2)OCO3)cc(OC)c1. The lowest BCUT2D eigenvalue weighted by atomic mass is 10.1. The average Bonchev–Trinajstić information content (AvgIpc) is 3.06. The number of ketones is 1. The summed E-state index contributed by atoms with van der Waals surface area (Å²) in [6, 6.07) is 10.6. The van der Waals surface area contributed by atoms with Crippen molar-refractivity contribution in [3.63, 3.8) is 0 Å². The van der Waals surface area contributed by atoms with Crippen LogP contribution in [0, 0.1) is 0 Å². The average molecular weight is 312 g/mol. The number of hydrogen-bond donors (Lipinski definition) is 0. The maximum Gasteiger partial charge on any atom is 0.231 e. The van der Waals surface area contributed by atoms with Crippen molar-refractivity contribution in [3.8, 4) is 23.0 Å². The molecule has 1 aliphatic heterocycles. The minimum absolute atomic E-state index is 0.120. The Morgan fingerprint density at radius 3 is 2.39 bits per heavy atom. The number of benzene rings is 2. The summed E-state index contributed by atoms with van der Waals surface area (Å²) in [6.45, 7) is 0.187. The predicted molar refractivity (Wildman–Crippen MR) is 85.5 cm³/mol. The largest absolute Gasteiger partial charge is 0.497 e. The summed E-state index contributed by atoms with van der Waals surface area (Å²) >= 11 is 0. The molecule has 0 bridgehead atoms. The van der Waals surface area contributed by atoms with Crippen LogP contribution in [0.2, 0.25) is 0 Å². The predicted octanol–water partition coefficient (Wildman–Crippen LogP) is 3.33. The number of rotatable bonds is 5. The Labute approximate surface area is 134 Å². The standard InChI is InChI=1S/C18H16O5/c1-20-14-7-12(8-15(10-14)21-2)3-5-16(19)13-4-6-17-18(9-13)23-11-22-17/h3-10H,11H2,1-2H3. The van der Waals surface area contributed by atoms with Crippen LogP contribution in [0.4, 0.5) is 0 Å². The van der Waals surface area contributed by atoms with Crippen LogP contribution in [0.25, 0.3) is 6.08 Å². The highest BCUT2D eigenvalue weighted by atomic mass is 16.7. The molecule has 0 radical (unpaired) electrons. The first-order chi connectivity index (χ1) is 11.2. The highest BCUT2D eigenvalue weighted by molar-refractivity contribution is 6.07. The zero-order valence-corrected chi connectivity index (χ0v) is 12.9. The van der Waals surface area contributed by atoms with Gasteiger partial charge in [0.15, 0.2) is 17.3 Å². The van der Waals surface area contributed by atoms with Crippen molar-refractivity contribution in [1.82, 2.24) is 0 Å². The highest BCUT2D eigenvalue weighted by Crippen LogP contribution is 2.32. The second-order valence-corrected chi connectivity index (χ2v) is 4.91. The normalized spacial score (nSPS) is 12.4. The Morgan fingerprint density at radius 2 is 1.70 bits per heavy atom. The molecule has 2 aromatic rings. The maximum absolute atomic E-state index is 12.3. The van der Waals surface area contributed by atoms with Crippen LogP contribution < -0.4 is 18.9 Å². The van der Waals surface area contributed by atoms with E-state index in [9.17, 15) is 4.79 Å². The summed E-state index contributed by atoms with van der Waals surface area (Å²) in [5.74, 6) is 2.46. The first kappa shape index (κ1) is 15.0. The molecule has 0 fully saturated rings. The van der Waals surface area contributed by atoms with E-state index in [1.807, 2.05) is 12.1 Å². The number of ether oxygens (including phenoxy) is 4. The van der Waals surface area contributed by atoms with E-state index >= 15 is 0 Å². The van der Waals surface area contributed by atoms with E-state index in [0.29, 0.717) is 28.6 Å². The topological polar surface area (TPSA) is 54.0 Å². The number of carbonyl (C=O) groups excluding carboxylic acids is 1. The van der Waals surface area contributed by atoms with Gasteiger partial charge in [-0.2, -0.15) is 0 Å². The van der Waals surface area contributed by atoms with Gasteiger partial charge in [0.2, 0.25) is 6.79 Å². The van der Waals surface area contributed by atoms with Gasteiger partial charge in [0.1, 0.15) is 11.5 Å². The number of allylic oxidation sites excluding steroid dienone is 1. The van der Waals surface area contributed by atoms with Gasteiger partial charge in [-0.15, -0.1) is 0 Å². The fraction of sp³-hybridized carbons (Fsp3) is 0.167. The lowest BCUT2D eigenvalue weighted by Gasteiger charge is -2.05. The van der Waals surface area contributed by atoms with Crippen molar-refractivity contribution in [1.29, 1.82) is 0 Å². The number of fused-ring (bicyclic) bond motifs is 1. The smallest absolute Gasteiger partial charge is 0.231 e. The Hall–Kier alpha value is -2.95. The monoisotopic (exact) mass is 312 g/mol. The molecule has 0 amide bonds. The summed E-state index contributed by atoms with van der Waals surface area (Å²) in [6.07, 6.45) is 3.23. The third-order valence-electron chi connectivity index (χ3n) is 3.46.